The minimum absolute atomic E-state index is 0.0399. The predicted octanol–water partition coefficient (Wildman–Crippen LogP) is -1.03. The molecule has 0 aromatic carbocycles. The molecule has 0 aliphatic heterocycles. The summed E-state index contributed by atoms with van der Waals surface area (Å²) >= 11 is 0. The van der Waals surface area contributed by atoms with Crippen LogP contribution in [0.5, 0.6) is 0 Å². The molecule has 10 heavy (non-hydrogen) atoms. The Morgan fingerprint density at radius 3 is 3.00 bits per heavy atom. The molecule has 0 spiro atoms. The zero-order valence-electron chi connectivity index (χ0n) is 5.57. The van der Waals surface area contributed by atoms with E-state index in [2.05, 4.69) is 4.98 Å². The van der Waals surface area contributed by atoms with Crippen LogP contribution in [0.2, 0.25) is 0 Å². The fraction of sp³-hybridized carbons (Fsp3) is 0.500. The average molecular weight is 143 g/mol. The summed E-state index contributed by atoms with van der Waals surface area (Å²) < 4.78 is 1.75. The van der Waals surface area contributed by atoms with Crippen molar-refractivity contribution in [3.05, 3.63) is 18.7 Å². The first-order valence-electron chi connectivity index (χ1n) is 3.11. The maximum absolute atomic E-state index is 8.99. The van der Waals surface area contributed by atoms with Gasteiger partial charge in [0.05, 0.1) is 12.9 Å². The van der Waals surface area contributed by atoms with Gasteiger partial charge in [-0.15, -0.1) is 0 Å². The van der Waals surface area contributed by atoms with Crippen LogP contribution in [0.4, 0.5) is 0 Å². The van der Waals surface area contributed by atoms with Gasteiger partial charge in [-0.25, -0.2) is 4.98 Å². The molecule has 1 heterocycles. The lowest BCUT2D eigenvalue weighted by atomic mass is 10.4. The van der Waals surface area contributed by atoms with Gasteiger partial charge in [0.2, 0.25) is 0 Å². The molecule has 0 saturated carbocycles. The number of aromatic nitrogens is 2. The molecule has 4 heteroatoms. The lowest BCUT2D eigenvalue weighted by molar-refractivity contribution is 0.0812. The fourth-order valence-electron chi connectivity index (χ4n) is 0.703. The van der Waals surface area contributed by atoms with Gasteiger partial charge in [-0.1, -0.05) is 0 Å². The molecule has 0 unspecified atom stereocenters. The van der Waals surface area contributed by atoms with E-state index in [1.54, 1.807) is 23.3 Å². The van der Waals surface area contributed by atoms with Gasteiger partial charge >= 0.3 is 0 Å². The molecule has 1 atom stereocenters. The van der Waals surface area contributed by atoms with Gasteiger partial charge in [0.25, 0.3) is 0 Å². The van der Waals surface area contributed by atoms with Gasteiger partial charge < -0.3 is 14.8 Å². The second kappa shape index (κ2) is 3.34. The minimum Gasteiger partial charge on any atom is -0.443 e. The van der Waals surface area contributed by atoms with Gasteiger partial charge in [0.1, 0.15) is 6.10 Å². The topological polar surface area (TPSA) is 60.9 Å². The van der Waals surface area contributed by atoms with Gasteiger partial charge in [0.15, 0.2) is 6.61 Å². The molecule has 0 aliphatic carbocycles. The Morgan fingerprint density at radius 2 is 2.50 bits per heavy atom. The standard InChI is InChI=1S/C6H10N2O2/c9-4-6(10)3-8-2-1-7-5-8/h1-2,5-6,9-10H,3-4H2/p+1/t6-/m0/s1. The summed E-state index contributed by atoms with van der Waals surface area (Å²) in [5.74, 6) is 0. The molecule has 1 aromatic heterocycles. The van der Waals surface area contributed by atoms with E-state index >= 15 is 0 Å². The van der Waals surface area contributed by atoms with Crippen molar-refractivity contribution in [2.75, 3.05) is 6.61 Å². The third-order valence-corrected chi connectivity index (χ3v) is 1.22. The zero-order chi connectivity index (χ0) is 7.40. The highest BCUT2D eigenvalue weighted by Crippen LogP contribution is 1.89. The summed E-state index contributed by atoms with van der Waals surface area (Å²) in [4.78, 5) is 3.80. The second-order valence-corrected chi connectivity index (χ2v) is 2.12. The molecule has 56 valence electrons. The molecule has 1 aromatic rings. The quantitative estimate of drug-likeness (QED) is 0.550. The lowest BCUT2D eigenvalue weighted by Gasteiger charge is -2.03. The number of rotatable bonds is 3. The van der Waals surface area contributed by atoms with E-state index < -0.39 is 6.10 Å². The first-order valence-corrected chi connectivity index (χ1v) is 3.11. The summed E-state index contributed by atoms with van der Waals surface area (Å²) in [5, 5.41) is 15.8. The van der Waals surface area contributed by atoms with Crippen LogP contribution in [-0.4, -0.2) is 32.5 Å². The monoisotopic (exact) mass is 143 g/mol. The van der Waals surface area contributed by atoms with Gasteiger partial charge in [-0.3, -0.25) is 0 Å². The largest absolute Gasteiger partial charge is 0.443 e. The molecule has 3 N–H and O–H groups in total. The Balaban J connectivity index is 2.40. The zero-order valence-corrected chi connectivity index (χ0v) is 5.57. The highest BCUT2D eigenvalue weighted by Gasteiger charge is 2.03. The first-order chi connectivity index (χ1) is 4.83. The van der Waals surface area contributed by atoms with Crippen molar-refractivity contribution in [1.82, 2.24) is 9.55 Å². The van der Waals surface area contributed by atoms with E-state index in [0.29, 0.717) is 6.54 Å². The smallest absolute Gasteiger partial charge is 0.171 e. The van der Waals surface area contributed by atoms with Gasteiger partial charge in [0, 0.05) is 12.4 Å². The van der Waals surface area contributed by atoms with Crippen LogP contribution in [0.1, 0.15) is 0 Å². The maximum Gasteiger partial charge on any atom is 0.171 e. The molecule has 0 radical (unpaired) electrons. The molecule has 0 bridgehead atoms. The number of imidazole rings is 1. The number of hydrogen-bond donors (Lipinski definition) is 1. The maximum atomic E-state index is 8.99. The van der Waals surface area contributed by atoms with E-state index in [4.69, 9.17) is 10.2 Å². The SMILES string of the molecule is O[C@H](C[OH2+])Cn1ccnc1. The highest BCUT2D eigenvalue weighted by atomic mass is 16.3. The third kappa shape index (κ3) is 1.82. The van der Waals surface area contributed by atoms with Crippen molar-refractivity contribution in [2.45, 2.75) is 12.6 Å². The lowest BCUT2D eigenvalue weighted by Crippen LogP contribution is -2.18. The van der Waals surface area contributed by atoms with Gasteiger partial charge in [-0.05, 0) is 0 Å². The Hall–Kier alpha value is -0.870. The molecule has 0 fully saturated rings. The second-order valence-electron chi connectivity index (χ2n) is 2.12. The summed E-state index contributed by atoms with van der Waals surface area (Å²) in [6, 6.07) is 0. The van der Waals surface area contributed by atoms with Crippen molar-refractivity contribution < 1.29 is 10.2 Å². The Morgan fingerprint density at radius 1 is 1.70 bits per heavy atom. The molecular formula is C6H11N2O2+. The summed E-state index contributed by atoms with van der Waals surface area (Å²) in [6.07, 6.45) is 4.46. The number of aliphatic hydroxyl groups is 1. The first kappa shape index (κ1) is 7.24. The molecule has 4 nitrogen and oxygen atoms in total. The van der Waals surface area contributed by atoms with Crippen molar-refractivity contribution in [3.8, 4) is 0 Å². The highest BCUT2D eigenvalue weighted by molar-refractivity contribution is 4.75. The average Bonchev–Trinajstić information content (AvgIpc) is 2.40. The normalized spacial score (nSPS) is 13.4. The van der Waals surface area contributed by atoms with Gasteiger partial charge in [-0.2, -0.15) is 0 Å². The summed E-state index contributed by atoms with van der Waals surface area (Å²) in [7, 11) is 0. The van der Waals surface area contributed by atoms with Crippen LogP contribution in [0.3, 0.4) is 0 Å². The number of nitrogens with zero attached hydrogens (tertiary/aromatic N) is 2. The Labute approximate surface area is 58.8 Å². The minimum atomic E-state index is -0.575. The molecule has 1 rings (SSSR count). The molecular weight excluding hydrogens is 132 g/mol. The number of hydrogen-bond acceptors (Lipinski definition) is 2. The molecule has 0 saturated heterocycles. The fourth-order valence-corrected chi connectivity index (χ4v) is 0.703. The van der Waals surface area contributed by atoms with E-state index in [0.717, 1.165) is 0 Å². The van der Waals surface area contributed by atoms with E-state index in [9.17, 15) is 0 Å². The summed E-state index contributed by atoms with van der Waals surface area (Å²) in [5.41, 5.74) is 0. The van der Waals surface area contributed by atoms with Crippen LogP contribution in [-0.2, 0) is 6.54 Å². The molecule has 0 amide bonds. The number of aliphatic hydroxyl groups excluding tert-OH is 1. The summed E-state index contributed by atoms with van der Waals surface area (Å²) in [6.45, 7) is 0.502. The predicted molar refractivity (Wildman–Crippen MR) is 36.7 cm³/mol. The van der Waals surface area contributed by atoms with E-state index in [1.165, 1.54) is 0 Å². The van der Waals surface area contributed by atoms with Crippen molar-refractivity contribution in [1.29, 1.82) is 0 Å². The van der Waals surface area contributed by atoms with E-state index in [-0.39, 0.29) is 6.61 Å². The Kier molecular flexibility index (Phi) is 2.42. The molecule has 0 aliphatic rings. The van der Waals surface area contributed by atoms with Crippen molar-refractivity contribution >= 4 is 0 Å². The van der Waals surface area contributed by atoms with Crippen LogP contribution < -0.4 is 0 Å². The Bertz CT molecular complexity index is 174. The van der Waals surface area contributed by atoms with Crippen LogP contribution in [0, 0.1) is 0 Å². The van der Waals surface area contributed by atoms with Crippen LogP contribution in [0.25, 0.3) is 0 Å². The van der Waals surface area contributed by atoms with E-state index in [1.807, 2.05) is 0 Å². The van der Waals surface area contributed by atoms with Crippen LogP contribution in [0.15, 0.2) is 18.7 Å². The van der Waals surface area contributed by atoms with Crippen LogP contribution >= 0.6 is 0 Å². The van der Waals surface area contributed by atoms with Crippen molar-refractivity contribution in [3.63, 3.8) is 0 Å². The third-order valence-electron chi connectivity index (χ3n) is 1.22. The van der Waals surface area contributed by atoms with Crippen molar-refractivity contribution in [2.24, 2.45) is 0 Å².